The predicted molar refractivity (Wildman–Crippen MR) is 152 cm³/mol. The number of hydrogen-bond acceptors (Lipinski definition) is 7. The van der Waals surface area contributed by atoms with Gasteiger partial charge in [-0.15, -0.1) is 11.3 Å². The number of thiophene rings is 1. The Balaban J connectivity index is 1.27. The second-order valence-corrected chi connectivity index (χ2v) is 13.8. The first-order chi connectivity index (χ1) is 18.8. The number of halogens is 1. The summed E-state index contributed by atoms with van der Waals surface area (Å²) < 4.78 is 13.4. The highest BCUT2D eigenvalue weighted by Gasteiger charge is 2.67. The second kappa shape index (κ2) is 9.35. The molecule has 5 aliphatic rings. The number of esters is 1. The molecule has 1 amide bonds. The maximum absolute atomic E-state index is 13.4. The van der Waals surface area contributed by atoms with E-state index in [0.29, 0.717) is 17.7 Å². The molecule has 3 aliphatic carbocycles. The lowest BCUT2D eigenvalue weighted by Crippen LogP contribution is -2.69. The zero-order valence-electron chi connectivity index (χ0n) is 22.2. The number of amides is 1. The van der Waals surface area contributed by atoms with E-state index in [4.69, 9.17) is 9.47 Å². The number of likely N-dealkylation sites (N-methyl/N-ethyl adjacent to an activating group) is 1. The fourth-order valence-electron chi connectivity index (χ4n) is 7.99. The lowest BCUT2D eigenvalue weighted by atomic mass is 9.50. The Morgan fingerprint density at radius 3 is 2.85 bits per heavy atom. The Morgan fingerprint density at radius 2 is 2.13 bits per heavy atom. The molecule has 2 aromatic rings. The maximum Gasteiger partial charge on any atom is 0.308 e. The summed E-state index contributed by atoms with van der Waals surface area (Å²) in [7, 11) is 1.87. The molecule has 2 bridgehead atoms. The zero-order chi connectivity index (χ0) is 27.1. The summed E-state index contributed by atoms with van der Waals surface area (Å²) in [5.41, 5.74) is 1.64. The van der Waals surface area contributed by atoms with Crippen LogP contribution in [0.5, 0.6) is 17.2 Å². The largest absolute Gasteiger partial charge is 0.508 e. The minimum Gasteiger partial charge on any atom is -0.508 e. The number of rotatable bonds is 6. The van der Waals surface area contributed by atoms with Crippen LogP contribution in [0.25, 0.3) is 6.08 Å². The zero-order valence-corrected chi connectivity index (χ0v) is 24.6. The molecule has 206 valence electrons. The third kappa shape index (κ3) is 4.06. The Morgan fingerprint density at radius 1 is 1.31 bits per heavy atom. The summed E-state index contributed by atoms with van der Waals surface area (Å²) >= 11 is 5.06. The van der Waals surface area contributed by atoms with E-state index in [1.165, 1.54) is 19.8 Å². The molecular formula is C30H33BrN2O5S. The van der Waals surface area contributed by atoms with Gasteiger partial charge in [-0.25, -0.2) is 0 Å². The van der Waals surface area contributed by atoms with Gasteiger partial charge < -0.3 is 19.5 Å². The minimum absolute atomic E-state index is 0.0549. The third-order valence-corrected chi connectivity index (χ3v) is 11.4. The highest BCUT2D eigenvalue weighted by molar-refractivity contribution is 9.10. The van der Waals surface area contributed by atoms with Crippen molar-refractivity contribution in [1.82, 2.24) is 9.80 Å². The van der Waals surface area contributed by atoms with Gasteiger partial charge in [-0.1, -0.05) is 0 Å². The van der Waals surface area contributed by atoms with Gasteiger partial charge in [0.05, 0.1) is 6.04 Å². The first-order valence-corrected chi connectivity index (χ1v) is 15.6. The van der Waals surface area contributed by atoms with Crippen molar-refractivity contribution >= 4 is 45.2 Å². The molecule has 2 aliphatic heterocycles. The molecule has 7 rings (SSSR count). The van der Waals surface area contributed by atoms with E-state index in [1.54, 1.807) is 23.5 Å². The summed E-state index contributed by atoms with van der Waals surface area (Å²) in [6, 6.07) is 3.76. The van der Waals surface area contributed by atoms with Crippen molar-refractivity contribution in [3.63, 3.8) is 0 Å². The van der Waals surface area contributed by atoms with Gasteiger partial charge in [-0.2, -0.15) is 0 Å². The molecule has 1 saturated heterocycles. The van der Waals surface area contributed by atoms with E-state index in [1.807, 2.05) is 29.5 Å². The van der Waals surface area contributed by atoms with Crippen molar-refractivity contribution < 1.29 is 24.2 Å². The van der Waals surface area contributed by atoms with Gasteiger partial charge in [-0.3, -0.25) is 14.5 Å². The molecule has 39 heavy (non-hydrogen) atoms. The van der Waals surface area contributed by atoms with Crippen molar-refractivity contribution in [2.75, 3.05) is 20.1 Å². The fraction of sp³-hybridized carbons (Fsp3) is 0.533. The molecule has 3 heterocycles. The van der Waals surface area contributed by atoms with Gasteiger partial charge in [0.2, 0.25) is 5.91 Å². The highest BCUT2D eigenvalue weighted by Crippen LogP contribution is 2.65. The van der Waals surface area contributed by atoms with Crippen molar-refractivity contribution in [2.45, 2.75) is 69.1 Å². The van der Waals surface area contributed by atoms with E-state index >= 15 is 0 Å². The molecule has 9 heteroatoms. The molecular weight excluding hydrogens is 580 g/mol. The predicted octanol–water partition coefficient (Wildman–Crippen LogP) is 5.13. The van der Waals surface area contributed by atoms with Crippen molar-refractivity contribution in [3.8, 4) is 17.2 Å². The Hall–Kier alpha value is -2.36. The van der Waals surface area contributed by atoms with Crippen LogP contribution in [0.3, 0.4) is 0 Å². The van der Waals surface area contributed by atoms with Gasteiger partial charge >= 0.3 is 5.97 Å². The number of ether oxygens (including phenoxy) is 2. The smallest absolute Gasteiger partial charge is 0.308 e. The van der Waals surface area contributed by atoms with Crippen LogP contribution in [0.2, 0.25) is 0 Å². The molecule has 3 fully saturated rings. The van der Waals surface area contributed by atoms with Crippen LogP contribution in [0.1, 0.15) is 55.0 Å². The number of aromatic hydroxyl groups is 1. The van der Waals surface area contributed by atoms with E-state index in [-0.39, 0.29) is 35.0 Å². The maximum atomic E-state index is 13.4. The number of hydrogen-bond donors (Lipinski definition) is 1. The van der Waals surface area contributed by atoms with Crippen LogP contribution in [-0.4, -0.2) is 65.1 Å². The molecule has 0 radical (unpaired) electrons. The summed E-state index contributed by atoms with van der Waals surface area (Å²) in [5.74, 6) is 1.73. The molecule has 1 N–H and O–H groups in total. The van der Waals surface area contributed by atoms with E-state index in [2.05, 4.69) is 20.8 Å². The molecule has 7 nitrogen and oxygen atoms in total. The average molecular weight is 614 g/mol. The minimum atomic E-state index is -0.444. The van der Waals surface area contributed by atoms with Crippen LogP contribution in [0, 0.1) is 11.8 Å². The van der Waals surface area contributed by atoms with Crippen LogP contribution in [-0.2, 0) is 21.4 Å². The SMILES string of the molecule is CC(=O)Oc1cc(O)c2c3c1O[C@H]1[C@H](N(C)C(=O)/C=C/c4cc(Br)cs4)CC[C@H]4[C@@H](C2)N(CC2CC2)CC[C@@]341. The lowest BCUT2D eigenvalue weighted by molar-refractivity contribution is -0.135. The topological polar surface area (TPSA) is 79.3 Å². The molecule has 2 saturated carbocycles. The second-order valence-electron chi connectivity index (χ2n) is 11.9. The quantitative estimate of drug-likeness (QED) is 0.277. The van der Waals surface area contributed by atoms with Gasteiger partial charge in [0.15, 0.2) is 11.5 Å². The first-order valence-electron chi connectivity index (χ1n) is 13.9. The average Bonchev–Trinajstić information content (AvgIpc) is 3.52. The van der Waals surface area contributed by atoms with Crippen LogP contribution < -0.4 is 9.47 Å². The number of phenols is 1. The number of nitrogens with zero attached hydrogens (tertiary/aromatic N) is 2. The van der Waals surface area contributed by atoms with Gasteiger partial charge in [-0.05, 0) is 85.0 Å². The van der Waals surface area contributed by atoms with E-state index in [0.717, 1.165) is 65.2 Å². The number of carbonyl (C=O) groups excluding carboxylic acids is 2. The molecule has 1 aromatic heterocycles. The summed E-state index contributed by atoms with van der Waals surface area (Å²) in [5, 5.41) is 13.2. The van der Waals surface area contributed by atoms with E-state index in [9.17, 15) is 14.7 Å². The standard InChI is InChI=1S/C30H33BrN2O5S/c1-16(34)37-25-13-24(35)20-12-23-21-6-7-22(32(2)26(36)8-5-19-11-18(31)15-39-19)29-30(21,27(20)28(25)38-29)9-10-33(23)14-17-3-4-17/h5,8,11,13,15,17,21-23,29,35H,3-4,6-7,9-10,12,14H2,1-2H3/b8-5+/t21-,22+,23+,29-,30-/m0/s1. The lowest BCUT2D eigenvalue weighted by Gasteiger charge is -2.60. The summed E-state index contributed by atoms with van der Waals surface area (Å²) in [6.07, 6.45) is 9.41. The number of phenolic OH excluding ortho intramolecular Hbond substituents is 1. The number of benzene rings is 1. The number of piperidine rings is 1. The molecule has 0 unspecified atom stereocenters. The Bertz CT molecular complexity index is 1390. The fourth-order valence-corrected chi connectivity index (χ4v) is 9.32. The Kier molecular flexibility index (Phi) is 6.14. The molecule has 5 atom stereocenters. The Labute approximate surface area is 240 Å². The van der Waals surface area contributed by atoms with Crippen molar-refractivity contribution in [2.24, 2.45) is 11.8 Å². The number of likely N-dealkylation sites (tertiary alicyclic amines) is 1. The van der Waals surface area contributed by atoms with E-state index < -0.39 is 5.97 Å². The first kappa shape index (κ1) is 25.6. The molecule has 1 aromatic carbocycles. The third-order valence-electron chi connectivity index (χ3n) is 9.76. The van der Waals surface area contributed by atoms with Crippen molar-refractivity contribution in [1.29, 1.82) is 0 Å². The molecule has 1 spiro atoms. The van der Waals surface area contributed by atoms with Crippen LogP contribution >= 0.6 is 27.3 Å². The van der Waals surface area contributed by atoms with Crippen LogP contribution in [0.4, 0.5) is 0 Å². The van der Waals surface area contributed by atoms with Crippen molar-refractivity contribution in [3.05, 3.63) is 44.1 Å². The summed E-state index contributed by atoms with van der Waals surface area (Å²) in [6.45, 7) is 3.47. The van der Waals surface area contributed by atoms with Gasteiger partial charge in [0.1, 0.15) is 11.9 Å². The monoisotopic (exact) mass is 612 g/mol. The van der Waals surface area contributed by atoms with Gasteiger partial charge in [0.25, 0.3) is 0 Å². The van der Waals surface area contributed by atoms with Crippen LogP contribution in [0.15, 0.2) is 28.1 Å². The van der Waals surface area contributed by atoms with Gasteiger partial charge in [0, 0.05) is 70.0 Å². The summed E-state index contributed by atoms with van der Waals surface area (Å²) in [4.78, 5) is 30.9. The highest BCUT2D eigenvalue weighted by atomic mass is 79.9. The normalized spacial score (nSPS) is 30.6. The number of carbonyl (C=O) groups is 2.